The van der Waals surface area contributed by atoms with Crippen LogP contribution in [0.1, 0.15) is 17.5 Å². The molecule has 3 nitrogen and oxygen atoms in total. The molecule has 17 heavy (non-hydrogen) atoms. The molecule has 2 rings (SSSR count). The number of benzene rings is 1. The molecular formula is C13H17FN2O. The highest BCUT2D eigenvalue weighted by molar-refractivity contribution is 5.76. The lowest BCUT2D eigenvalue weighted by Gasteiger charge is -2.14. The smallest absolute Gasteiger partial charge is 0.221 e. The number of nitrogens with one attached hydrogen (secondary N) is 2. The number of carbonyl (C=O) groups excluding carboxylic acids is 1. The van der Waals surface area contributed by atoms with Crippen LogP contribution in [-0.2, 0) is 11.2 Å². The molecule has 0 spiro atoms. The molecule has 1 aromatic rings. The van der Waals surface area contributed by atoms with Crippen LogP contribution in [-0.4, -0.2) is 25.0 Å². The van der Waals surface area contributed by atoms with E-state index in [1.54, 1.807) is 13.0 Å². The summed E-state index contributed by atoms with van der Waals surface area (Å²) in [4.78, 5) is 11.4. The molecule has 0 aliphatic carbocycles. The van der Waals surface area contributed by atoms with Crippen molar-refractivity contribution in [2.24, 2.45) is 0 Å². The first-order valence-corrected chi connectivity index (χ1v) is 5.90. The lowest BCUT2D eigenvalue weighted by Crippen LogP contribution is -2.32. The van der Waals surface area contributed by atoms with Crippen molar-refractivity contribution in [1.29, 1.82) is 0 Å². The van der Waals surface area contributed by atoms with Gasteiger partial charge in [-0.3, -0.25) is 4.79 Å². The van der Waals surface area contributed by atoms with Crippen LogP contribution in [0.3, 0.4) is 0 Å². The Morgan fingerprint density at radius 2 is 2.24 bits per heavy atom. The van der Waals surface area contributed by atoms with Crippen molar-refractivity contribution in [3.63, 3.8) is 0 Å². The second-order valence-electron chi connectivity index (χ2n) is 4.49. The van der Waals surface area contributed by atoms with Crippen LogP contribution in [0.4, 0.5) is 4.39 Å². The van der Waals surface area contributed by atoms with E-state index in [1.165, 1.54) is 6.07 Å². The molecule has 0 aromatic heterocycles. The van der Waals surface area contributed by atoms with E-state index in [0.717, 1.165) is 18.5 Å². The maximum Gasteiger partial charge on any atom is 0.221 e. The fraction of sp³-hybridized carbons (Fsp3) is 0.462. The molecule has 92 valence electrons. The summed E-state index contributed by atoms with van der Waals surface area (Å²) in [6.45, 7) is 3.22. The molecule has 1 aliphatic heterocycles. The Balaban J connectivity index is 2.03. The highest BCUT2D eigenvalue weighted by Gasteiger charge is 2.17. The van der Waals surface area contributed by atoms with Gasteiger partial charge in [-0.2, -0.15) is 0 Å². The number of aryl methyl sites for hydroxylation is 1. The Labute approximate surface area is 100 Å². The topological polar surface area (TPSA) is 41.1 Å². The predicted molar refractivity (Wildman–Crippen MR) is 64.3 cm³/mol. The first kappa shape index (κ1) is 12.0. The van der Waals surface area contributed by atoms with Crippen LogP contribution >= 0.6 is 0 Å². The predicted octanol–water partition coefficient (Wildman–Crippen LogP) is 1.15. The number of hydrogen-bond donors (Lipinski definition) is 2. The molecule has 0 saturated carbocycles. The Morgan fingerprint density at radius 1 is 1.41 bits per heavy atom. The average molecular weight is 236 g/mol. The van der Waals surface area contributed by atoms with Crippen LogP contribution in [0.15, 0.2) is 18.2 Å². The molecule has 1 aliphatic rings. The molecule has 1 fully saturated rings. The van der Waals surface area contributed by atoms with Crippen LogP contribution in [0, 0.1) is 12.7 Å². The largest absolute Gasteiger partial charge is 0.355 e. The molecule has 0 radical (unpaired) electrons. The molecule has 1 aromatic carbocycles. The van der Waals surface area contributed by atoms with E-state index >= 15 is 0 Å². The lowest BCUT2D eigenvalue weighted by atomic mass is 10.0. The van der Waals surface area contributed by atoms with Crippen molar-refractivity contribution in [2.75, 3.05) is 13.1 Å². The zero-order chi connectivity index (χ0) is 12.3. The minimum Gasteiger partial charge on any atom is -0.355 e. The van der Waals surface area contributed by atoms with Gasteiger partial charge in [0.05, 0.1) is 0 Å². The Kier molecular flexibility index (Phi) is 3.74. The van der Waals surface area contributed by atoms with E-state index in [9.17, 15) is 9.18 Å². The van der Waals surface area contributed by atoms with E-state index in [4.69, 9.17) is 0 Å². The summed E-state index contributed by atoms with van der Waals surface area (Å²) in [5.41, 5.74) is 1.72. The fourth-order valence-electron chi connectivity index (χ4n) is 2.11. The summed E-state index contributed by atoms with van der Waals surface area (Å²) < 4.78 is 13.1. The number of rotatable bonds is 2. The van der Waals surface area contributed by atoms with Gasteiger partial charge in [-0.1, -0.05) is 12.1 Å². The number of amides is 1. The summed E-state index contributed by atoms with van der Waals surface area (Å²) in [5.74, 6) is -0.0980. The summed E-state index contributed by atoms with van der Waals surface area (Å²) in [6, 6.07) is 5.26. The summed E-state index contributed by atoms with van der Waals surface area (Å²) >= 11 is 0. The minimum absolute atomic E-state index is 0.0823. The van der Waals surface area contributed by atoms with Gasteiger partial charge in [-0.15, -0.1) is 0 Å². The Morgan fingerprint density at radius 3 is 3.00 bits per heavy atom. The van der Waals surface area contributed by atoms with E-state index in [2.05, 4.69) is 10.6 Å². The third kappa shape index (κ3) is 3.27. The Bertz CT molecular complexity index is 420. The van der Waals surface area contributed by atoms with Gasteiger partial charge >= 0.3 is 0 Å². The second-order valence-corrected chi connectivity index (χ2v) is 4.49. The fourth-order valence-corrected chi connectivity index (χ4v) is 2.11. The van der Waals surface area contributed by atoms with Crippen molar-refractivity contribution in [1.82, 2.24) is 10.6 Å². The second kappa shape index (κ2) is 5.27. The highest BCUT2D eigenvalue weighted by atomic mass is 19.1. The summed E-state index contributed by atoms with van der Waals surface area (Å²) in [5, 5.41) is 6.14. The zero-order valence-corrected chi connectivity index (χ0v) is 9.92. The molecule has 1 unspecified atom stereocenters. The van der Waals surface area contributed by atoms with Gasteiger partial charge in [0, 0.05) is 25.6 Å². The maximum absolute atomic E-state index is 13.1. The molecule has 2 N–H and O–H groups in total. The maximum atomic E-state index is 13.1. The van der Waals surface area contributed by atoms with E-state index in [1.807, 2.05) is 6.07 Å². The Hall–Kier alpha value is -1.42. The van der Waals surface area contributed by atoms with E-state index in [-0.39, 0.29) is 17.8 Å². The summed E-state index contributed by atoms with van der Waals surface area (Å²) in [7, 11) is 0. The normalized spacial score (nSPS) is 20.8. The number of halogens is 1. The quantitative estimate of drug-likeness (QED) is 0.809. The third-order valence-corrected chi connectivity index (χ3v) is 3.02. The van der Waals surface area contributed by atoms with Crippen molar-refractivity contribution in [3.8, 4) is 0 Å². The van der Waals surface area contributed by atoms with Gasteiger partial charge in [-0.25, -0.2) is 4.39 Å². The number of carbonyl (C=O) groups is 1. The molecule has 1 atom stereocenters. The SMILES string of the molecule is Cc1cc(CC2CC(=O)NCCN2)ccc1F. The molecule has 1 heterocycles. The van der Waals surface area contributed by atoms with Crippen molar-refractivity contribution >= 4 is 5.91 Å². The average Bonchev–Trinajstić information content (AvgIpc) is 2.48. The van der Waals surface area contributed by atoms with Gasteiger partial charge in [0.2, 0.25) is 5.91 Å². The van der Waals surface area contributed by atoms with Crippen LogP contribution in [0.5, 0.6) is 0 Å². The van der Waals surface area contributed by atoms with Gasteiger partial charge in [0.25, 0.3) is 0 Å². The number of hydrogen-bond acceptors (Lipinski definition) is 2. The first-order valence-electron chi connectivity index (χ1n) is 5.90. The van der Waals surface area contributed by atoms with Crippen molar-refractivity contribution in [2.45, 2.75) is 25.8 Å². The van der Waals surface area contributed by atoms with Crippen LogP contribution < -0.4 is 10.6 Å². The molecule has 4 heteroatoms. The monoisotopic (exact) mass is 236 g/mol. The van der Waals surface area contributed by atoms with Gasteiger partial charge in [-0.05, 0) is 30.5 Å². The van der Waals surface area contributed by atoms with Gasteiger partial charge in [0.1, 0.15) is 5.82 Å². The standard InChI is InChI=1S/C13H17FN2O/c1-9-6-10(2-3-12(9)14)7-11-8-13(17)16-5-4-15-11/h2-3,6,11,15H,4-5,7-8H2,1H3,(H,16,17). The molecule has 1 saturated heterocycles. The molecule has 1 amide bonds. The van der Waals surface area contributed by atoms with Gasteiger partial charge < -0.3 is 10.6 Å². The summed E-state index contributed by atoms with van der Waals surface area (Å²) in [6.07, 6.45) is 1.24. The van der Waals surface area contributed by atoms with Gasteiger partial charge in [0.15, 0.2) is 0 Å². The molecular weight excluding hydrogens is 219 g/mol. The first-order chi connectivity index (χ1) is 8.15. The van der Waals surface area contributed by atoms with E-state index < -0.39 is 0 Å². The highest BCUT2D eigenvalue weighted by Crippen LogP contribution is 2.12. The minimum atomic E-state index is -0.180. The lowest BCUT2D eigenvalue weighted by molar-refractivity contribution is -0.121. The van der Waals surface area contributed by atoms with E-state index in [0.29, 0.717) is 18.5 Å². The third-order valence-electron chi connectivity index (χ3n) is 3.02. The van der Waals surface area contributed by atoms with Crippen LogP contribution in [0.2, 0.25) is 0 Å². The van der Waals surface area contributed by atoms with Crippen LogP contribution in [0.25, 0.3) is 0 Å². The molecule has 0 bridgehead atoms. The van der Waals surface area contributed by atoms with Crippen molar-refractivity contribution < 1.29 is 9.18 Å². The van der Waals surface area contributed by atoms with Crippen molar-refractivity contribution in [3.05, 3.63) is 35.1 Å². The zero-order valence-electron chi connectivity index (χ0n) is 9.92.